The molecule has 0 radical (unpaired) electrons. The Labute approximate surface area is 113 Å². The Morgan fingerprint density at radius 1 is 0.842 bits per heavy atom. The smallest absolute Gasteiger partial charge is 0.139 e. The number of piperazine rings is 1. The average Bonchev–Trinajstić information content (AvgIpc) is 2.94. The summed E-state index contributed by atoms with van der Waals surface area (Å²) in [5.41, 5.74) is 2.08. The maximum absolute atomic E-state index is 10.1. The van der Waals surface area contributed by atoms with Crippen molar-refractivity contribution in [1.29, 1.82) is 0 Å². The van der Waals surface area contributed by atoms with Gasteiger partial charge < -0.3 is 20.1 Å². The Balaban J connectivity index is 1.81. The van der Waals surface area contributed by atoms with Crippen LogP contribution in [0.4, 0.5) is 11.4 Å². The van der Waals surface area contributed by atoms with Crippen molar-refractivity contribution in [2.45, 2.75) is 12.8 Å². The molecule has 2 saturated heterocycles. The molecule has 2 heterocycles. The predicted molar refractivity (Wildman–Crippen MR) is 75.1 cm³/mol. The number of phenols is 1. The fourth-order valence-electron chi connectivity index (χ4n) is 2.87. The monoisotopic (exact) mass is 263 g/mol. The quantitative estimate of drug-likeness (QED) is 0.847. The van der Waals surface area contributed by atoms with E-state index >= 15 is 0 Å². The van der Waals surface area contributed by atoms with Gasteiger partial charge in [0.05, 0.1) is 5.69 Å². The van der Waals surface area contributed by atoms with Crippen LogP contribution >= 0.6 is 0 Å². The molecule has 3 rings (SSSR count). The highest BCUT2D eigenvalue weighted by Gasteiger charge is 2.20. The topological polar surface area (TPSA) is 50.2 Å². The first-order valence-corrected chi connectivity index (χ1v) is 7.01. The van der Waals surface area contributed by atoms with Gasteiger partial charge in [0.25, 0.3) is 0 Å². The minimum absolute atomic E-state index is 0.328. The molecule has 2 N–H and O–H groups in total. The molecule has 104 valence electrons. The summed E-state index contributed by atoms with van der Waals surface area (Å²) in [7, 11) is 0. The molecule has 2 aliphatic heterocycles. The van der Waals surface area contributed by atoms with Crippen LogP contribution < -0.4 is 9.80 Å². The Hall–Kier alpha value is -1.46. The van der Waals surface area contributed by atoms with Gasteiger partial charge in [0.1, 0.15) is 5.75 Å². The molecule has 0 unspecified atom stereocenters. The zero-order chi connectivity index (χ0) is 13.2. The summed E-state index contributed by atoms with van der Waals surface area (Å²) < 4.78 is 0. The number of phenolic OH excluding ortho intramolecular Hbond substituents is 1. The number of hydrogen-bond donors (Lipinski definition) is 2. The average molecular weight is 263 g/mol. The number of rotatable bonds is 2. The van der Waals surface area contributed by atoms with E-state index in [9.17, 15) is 10.3 Å². The molecular formula is C14H21N3O2. The van der Waals surface area contributed by atoms with E-state index in [1.54, 1.807) is 6.07 Å². The van der Waals surface area contributed by atoms with Crippen molar-refractivity contribution in [2.75, 3.05) is 49.1 Å². The third-order valence-corrected chi connectivity index (χ3v) is 4.03. The molecule has 0 atom stereocenters. The van der Waals surface area contributed by atoms with Gasteiger partial charge in [-0.25, -0.2) is 0 Å². The van der Waals surface area contributed by atoms with Gasteiger partial charge in [0.2, 0.25) is 0 Å². The molecule has 2 aliphatic rings. The lowest BCUT2D eigenvalue weighted by molar-refractivity contribution is -0.0936. The van der Waals surface area contributed by atoms with E-state index in [2.05, 4.69) is 15.9 Å². The highest BCUT2D eigenvalue weighted by molar-refractivity contribution is 5.67. The van der Waals surface area contributed by atoms with E-state index < -0.39 is 0 Å². The van der Waals surface area contributed by atoms with Crippen LogP contribution in [-0.4, -0.2) is 54.6 Å². The maximum atomic E-state index is 10.1. The maximum Gasteiger partial charge on any atom is 0.139 e. The fourth-order valence-corrected chi connectivity index (χ4v) is 2.87. The second-order valence-electron chi connectivity index (χ2n) is 5.31. The van der Waals surface area contributed by atoms with Gasteiger partial charge in [0, 0.05) is 45.0 Å². The summed E-state index contributed by atoms with van der Waals surface area (Å²) in [5, 5.41) is 20.8. The minimum Gasteiger partial charge on any atom is -0.506 e. The SMILES string of the molecule is Oc1ccc(N2CCCC2)cc1N1CCN(O)CC1. The zero-order valence-corrected chi connectivity index (χ0v) is 11.1. The van der Waals surface area contributed by atoms with E-state index in [4.69, 9.17) is 0 Å². The predicted octanol–water partition coefficient (Wildman–Crippen LogP) is 1.50. The molecule has 0 saturated carbocycles. The first-order chi connectivity index (χ1) is 9.24. The van der Waals surface area contributed by atoms with Gasteiger partial charge in [-0.3, -0.25) is 0 Å². The minimum atomic E-state index is 0.328. The van der Waals surface area contributed by atoms with E-state index in [1.165, 1.54) is 23.6 Å². The summed E-state index contributed by atoms with van der Waals surface area (Å²) in [6.45, 7) is 4.94. The molecule has 1 aromatic carbocycles. The van der Waals surface area contributed by atoms with Crippen LogP contribution in [0.5, 0.6) is 5.75 Å². The lowest BCUT2D eigenvalue weighted by Crippen LogP contribution is -2.44. The van der Waals surface area contributed by atoms with E-state index in [0.29, 0.717) is 18.8 Å². The number of nitrogens with zero attached hydrogens (tertiary/aromatic N) is 3. The molecule has 0 aromatic heterocycles. The van der Waals surface area contributed by atoms with Gasteiger partial charge in [-0.1, -0.05) is 0 Å². The molecule has 2 fully saturated rings. The summed E-state index contributed by atoms with van der Waals surface area (Å²) in [6.07, 6.45) is 2.50. The number of benzene rings is 1. The van der Waals surface area contributed by atoms with Crippen LogP contribution in [0.2, 0.25) is 0 Å². The lowest BCUT2D eigenvalue weighted by atomic mass is 10.2. The van der Waals surface area contributed by atoms with Crippen LogP contribution in [0.15, 0.2) is 18.2 Å². The van der Waals surface area contributed by atoms with Gasteiger partial charge in [0.15, 0.2) is 0 Å². The second-order valence-corrected chi connectivity index (χ2v) is 5.31. The highest BCUT2D eigenvalue weighted by atomic mass is 16.5. The molecule has 0 spiro atoms. The number of aromatic hydroxyl groups is 1. The summed E-state index contributed by atoms with van der Waals surface area (Å²) in [6, 6.07) is 5.86. The van der Waals surface area contributed by atoms with E-state index in [-0.39, 0.29) is 0 Å². The summed E-state index contributed by atoms with van der Waals surface area (Å²) in [4.78, 5) is 4.51. The third kappa shape index (κ3) is 2.62. The van der Waals surface area contributed by atoms with E-state index in [0.717, 1.165) is 31.9 Å². The van der Waals surface area contributed by atoms with Crippen molar-refractivity contribution >= 4 is 11.4 Å². The lowest BCUT2D eigenvalue weighted by Gasteiger charge is -2.33. The van der Waals surface area contributed by atoms with Crippen molar-refractivity contribution in [1.82, 2.24) is 5.06 Å². The van der Waals surface area contributed by atoms with Crippen LogP contribution in [0.3, 0.4) is 0 Å². The normalized spacial score (nSPS) is 21.1. The van der Waals surface area contributed by atoms with Crippen molar-refractivity contribution < 1.29 is 10.3 Å². The highest BCUT2D eigenvalue weighted by Crippen LogP contribution is 2.33. The second kappa shape index (κ2) is 5.27. The molecule has 19 heavy (non-hydrogen) atoms. The van der Waals surface area contributed by atoms with Gasteiger partial charge >= 0.3 is 0 Å². The van der Waals surface area contributed by atoms with E-state index in [1.807, 2.05) is 6.07 Å². The summed E-state index contributed by atoms with van der Waals surface area (Å²) in [5.74, 6) is 0.328. The van der Waals surface area contributed by atoms with Crippen LogP contribution in [0.1, 0.15) is 12.8 Å². The molecular weight excluding hydrogens is 242 g/mol. The van der Waals surface area contributed by atoms with Crippen LogP contribution in [0, 0.1) is 0 Å². The Kier molecular flexibility index (Phi) is 3.48. The van der Waals surface area contributed by atoms with Crippen molar-refractivity contribution in [2.24, 2.45) is 0 Å². The first kappa shape index (κ1) is 12.6. The summed E-state index contributed by atoms with van der Waals surface area (Å²) >= 11 is 0. The zero-order valence-electron chi connectivity index (χ0n) is 11.1. The van der Waals surface area contributed by atoms with Gasteiger partial charge in [-0.05, 0) is 31.0 Å². The van der Waals surface area contributed by atoms with Crippen molar-refractivity contribution in [3.8, 4) is 5.75 Å². The Morgan fingerprint density at radius 3 is 2.21 bits per heavy atom. The molecule has 5 heteroatoms. The standard InChI is InChI=1S/C14H21N3O2/c18-14-4-3-12(15-5-1-2-6-15)11-13(14)16-7-9-17(19)10-8-16/h3-4,11,18-19H,1-2,5-10H2. The van der Waals surface area contributed by atoms with Gasteiger partial charge in [-0.15, -0.1) is 0 Å². The molecule has 0 aliphatic carbocycles. The molecule has 0 bridgehead atoms. The molecule has 1 aromatic rings. The van der Waals surface area contributed by atoms with Crippen molar-refractivity contribution in [3.63, 3.8) is 0 Å². The number of hydroxylamine groups is 2. The van der Waals surface area contributed by atoms with Crippen molar-refractivity contribution in [3.05, 3.63) is 18.2 Å². The Bertz CT molecular complexity index is 438. The van der Waals surface area contributed by atoms with Crippen LogP contribution in [0.25, 0.3) is 0 Å². The number of hydrogen-bond acceptors (Lipinski definition) is 5. The molecule has 0 amide bonds. The first-order valence-electron chi connectivity index (χ1n) is 7.01. The van der Waals surface area contributed by atoms with Gasteiger partial charge in [-0.2, -0.15) is 5.06 Å². The number of anilines is 2. The Morgan fingerprint density at radius 2 is 1.53 bits per heavy atom. The third-order valence-electron chi connectivity index (χ3n) is 4.03. The fraction of sp³-hybridized carbons (Fsp3) is 0.571. The largest absolute Gasteiger partial charge is 0.506 e. The molecule has 5 nitrogen and oxygen atoms in total. The van der Waals surface area contributed by atoms with Crippen LogP contribution in [-0.2, 0) is 0 Å².